The molecule has 1 aromatic rings. The van der Waals surface area contributed by atoms with Gasteiger partial charge in [-0.2, -0.15) is 5.26 Å². The number of pyridine rings is 1. The molecule has 0 fully saturated rings. The number of hydrogen-bond donors (Lipinski definition) is 2. The molecule has 1 aliphatic rings. The number of fused-ring (bicyclic) bond motifs is 1. The SMILES string of the molecule is CC(C)C(CNc1nc2c(cc1C#N)CCCC2)C(=O)O. The lowest BCUT2D eigenvalue weighted by Gasteiger charge is -2.20. The first-order valence-electron chi connectivity index (χ1n) is 7.42. The lowest BCUT2D eigenvalue weighted by Crippen LogP contribution is -2.28. The number of aryl methyl sites for hydroxylation is 2. The van der Waals surface area contributed by atoms with Crippen LogP contribution in [0.4, 0.5) is 5.82 Å². The molecule has 0 aromatic carbocycles. The summed E-state index contributed by atoms with van der Waals surface area (Å²) >= 11 is 0. The lowest BCUT2D eigenvalue weighted by atomic mass is 9.94. The Bertz CT molecular complexity index is 576. The molecule has 2 rings (SSSR count). The van der Waals surface area contributed by atoms with Crippen LogP contribution in [-0.4, -0.2) is 22.6 Å². The van der Waals surface area contributed by atoms with Crippen LogP contribution in [0.25, 0.3) is 0 Å². The average molecular weight is 287 g/mol. The Morgan fingerprint density at radius 2 is 2.19 bits per heavy atom. The number of nitriles is 1. The summed E-state index contributed by atoms with van der Waals surface area (Å²) in [7, 11) is 0. The van der Waals surface area contributed by atoms with E-state index in [1.807, 2.05) is 19.9 Å². The maximum atomic E-state index is 11.2. The quantitative estimate of drug-likeness (QED) is 0.869. The van der Waals surface area contributed by atoms with E-state index in [1.165, 1.54) is 0 Å². The molecule has 112 valence electrons. The summed E-state index contributed by atoms with van der Waals surface area (Å²) in [6.45, 7) is 4.05. The Labute approximate surface area is 125 Å². The Hall–Kier alpha value is -2.09. The third kappa shape index (κ3) is 3.52. The fourth-order valence-electron chi connectivity index (χ4n) is 2.67. The van der Waals surface area contributed by atoms with Crippen molar-refractivity contribution in [2.75, 3.05) is 11.9 Å². The Kier molecular flexibility index (Phi) is 4.79. The number of nitrogens with one attached hydrogen (secondary N) is 1. The Morgan fingerprint density at radius 3 is 2.81 bits per heavy atom. The van der Waals surface area contributed by atoms with Crippen molar-refractivity contribution in [3.05, 3.63) is 22.9 Å². The summed E-state index contributed by atoms with van der Waals surface area (Å²) in [6.07, 6.45) is 4.17. The number of carboxylic acids is 1. The second-order valence-electron chi connectivity index (χ2n) is 5.88. The number of rotatable bonds is 5. The van der Waals surface area contributed by atoms with E-state index >= 15 is 0 Å². The van der Waals surface area contributed by atoms with Gasteiger partial charge in [0.1, 0.15) is 11.9 Å². The molecular weight excluding hydrogens is 266 g/mol. The highest BCUT2D eigenvalue weighted by Gasteiger charge is 2.22. The monoisotopic (exact) mass is 287 g/mol. The molecule has 1 aliphatic carbocycles. The molecule has 1 heterocycles. The van der Waals surface area contributed by atoms with Crippen LogP contribution in [-0.2, 0) is 17.6 Å². The highest BCUT2D eigenvalue weighted by Crippen LogP contribution is 2.24. The Balaban J connectivity index is 2.19. The van der Waals surface area contributed by atoms with Gasteiger partial charge >= 0.3 is 5.97 Å². The summed E-state index contributed by atoms with van der Waals surface area (Å²) in [5.74, 6) is -0.772. The van der Waals surface area contributed by atoms with E-state index in [-0.39, 0.29) is 12.5 Å². The Morgan fingerprint density at radius 1 is 1.48 bits per heavy atom. The molecule has 5 nitrogen and oxygen atoms in total. The third-order valence-corrected chi connectivity index (χ3v) is 4.03. The summed E-state index contributed by atoms with van der Waals surface area (Å²) in [4.78, 5) is 15.8. The first-order valence-corrected chi connectivity index (χ1v) is 7.42. The molecule has 1 unspecified atom stereocenters. The molecule has 5 heteroatoms. The van der Waals surface area contributed by atoms with Gasteiger partial charge in [-0.3, -0.25) is 4.79 Å². The molecule has 2 N–H and O–H groups in total. The van der Waals surface area contributed by atoms with Crippen LogP contribution in [0.5, 0.6) is 0 Å². The predicted molar refractivity (Wildman–Crippen MR) is 80.0 cm³/mol. The fraction of sp³-hybridized carbons (Fsp3) is 0.562. The summed E-state index contributed by atoms with van der Waals surface area (Å²) in [5, 5.41) is 21.5. The largest absolute Gasteiger partial charge is 0.481 e. The minimum absolute atomic E-state index is 0.0261. The van der Waals surface area contributed by atoms with Crippen molar-refractivity contribution in [2.45, 2.75) is 39.5 Å². The van der Waals surface area contributed by atoms with Crippen molar-refractivity contribution < 1.29 is 9.90 Å². The van der Waals surface area contributed by atoms with Crippen molar-refractivity contribution >= 4 is 11.8 Å². The van der Waals surface area contributed by atoms with E-state index in [1.54, 1.807) is 0 Å². The number of carboxylic acid groups (broad SMARTS) is 1. The van der Waals surface area contributed by atoms with E-state index in [9.17, 15) is 15.2 Å². The van der Waals surface area contributed by atoms with Crippen molar-refractivity contribution in [2.24, 2.45) is 11.8 Å². The lowest BCUT2D eigenvalue weighted by molar-refractivity contribution is -0.142. The standard InChI is InChI=1S/C16H21N3O2/c1-10(2)13(16(20)21)9-18-15-12(8-17)7-11-5-3-4-6-14(11)19-15/h7,10,13H,3-6,9H2,1-2H3,(H,18,19)(H,20,21). The van der Waals surface area contributed by atoms with Gasteiger partial charge in [-0.15, -0.1) is 0 Å². The van der Waals surface area contributed by atoms with Crippen LogP contribution < -0.4 is 5.32 Å². The van der Waals surface area contributed by atoms with Gasteiger partial charge < -0.3 is 10.4 Å². The molecule has 0 saturated heterocycles. The predicted octanol–water partition coefficient (Wildman–Crippen LogP) is 2.60. The highest BCUT2D eigenvalue weighted by molar-refractivity contribution is 5.71. The van der Waals surface area contributed by atoms with E-state index < -0.39 is 11.9 Å². The second kappa shape index (κ2) is 6.57. The topological polar surface area (TPSA) is 86.0 Å². The fourth-order valence-corrected chi connectivity index (χ4v) is 2.67. The number of hydrogen-bond acceptors (Lipinski definition) is 4. The summed E-state index contributed by atoms with van der Waals surface area (Å²) in [5.41, 5.74) is 2.70. The molecule has 21 heavy (non-hydrogen) atoms. The van der Waals surface area contributed by atoms with E-state index in [0.717, 1.165) is 36.9 Å². The minimum Gasteiger partial charge on any atom is -0.481 e. The number of anilines is 1. The van der Waals surface area contributed by atoms with E-state index in [4.69, 9.17) is 0 Å². The molecular formula is C16H21N3O2. The van der Waals surface area contributed by atoms with Crippen molar-refractivity contribution in [1.29, 1.82) is 5.26 Å². The molecule has 1 aromatic heterocycles. The van der Waals surface area contributed by atoms with Crippen molar-refractivity contribution in [3.8, 4) is 6.07 Å². The van der Waals surface area contributed by atoms with Crippen LogP contribution in [0.15, 0.2) is 6.07 Å². The van der Waals surface area contributed by atoms with Crippen LogP contribution in [0.1, 0.15) is 43.5 Å². The van der Waals surface area contributed by atoms with Crippen molar-refractivity contribution in [3.63, 3.8) is 0 Å². The zero-order valence-corrected chi connectivity index (χ0v) is 12.5. The van der Waals surface area contributed by atoms with Crippen LogP contribution in [0.2, 0.25) is 0 Å². The van der Waals surface area contributed by atoms with E-state index in [0.29, 0.717) is 11.4 Å². The summed E-state index contributed by atoms with van der Waals surface area (Å²) in [6, 6.07) is 4.05. The summed E-state index contributed by atoms with van der Waals surface area (Å²) < 4.78 is 0. The molecule has 0 spiro atoms. The van der Waals surface area contributed by atoms with Gasteiger partial charge in [-0.1, -0.05) is 13.8 Å². The zero-order valence-electron chi connectivity index (χ0n) is 12.5. The van der Waals surface area contributed by atoms with Gasteiger partial charge in [-0.25, -0.2) is 4.98 Å². The van der Waals surface area contributed by atoms with Crippen LogP contribution in [0.3, 0.4) is 0 Å². The average Bonchev–Trinajstić information content (AvgIpc) is 2.45. The molecule has 0 bridgehead atoms. The maximum Gasteiger partial charge on any atom is 0.308 e. The molecule has 0 radical (unpaired) electrons. The number of carbonyl (C=O) groups is 1. The van der Waals surface area contributed by atoms with Gasteiger partial charge in [-0.05, 0) is 43.2 Å². The first-order chi connectivity index (χ1) is 10.0. The maximum absolute atomic E-state index is 11.2. The molecule has 0 amide bonds. The number of aliphatic carboxylic acids is 1. The minimum atomic E-state index is -0.825. The van der Waals surface area contributed by atoms with Crippen molar-refractivity contribution in [1.82, 2.24) is 4.98 Å². The molecule has 0 saturated carbocycles. The van der Waals surface area contributed by atoms with Gasteiger partial charge in [0.25, 0.3) is 0 Å². The zero-order chi connectivity index (χ0) is 15.4. The number of nitrogens with zero attached hydrogens (tertiary/aromatic N) is 2. The first kappa shape index (κ1) is 15.3. The van der Waals surface area contributed by atoms with E-state index in [2.05, 4.69) is 16.4 Å². The second-order valence-corrected chi connectivity index (χ2v) is 5.88. The van der Waals surface area contributed by atoms with Gasteiger partial charge in [0, 0.05) is 12.2 Å². The third-order valence-electron chi connectivity index (χ3n) is 4.03. The van der Waals surface area contributed by atoms with Crippen LogP contribution in [0, 0.1) is 23.2 Å². The smallest absolute Gasteiger partial charge is 0.308 e. The van der Waals surface area contributed by atoms with Crippen LogP contribution >= 0.6 is 0 Å². The van der Waals surface area contributed by atoms with Gasteiger partial charge in [0.05, 0.1) is 11.5 Å². The highest BCUT2D eigenvalue weighted by atomic mass is 16.4. The molecule has 0 aliphatic heterocycles. The van der Waals surface area contributed by atoms with Gasteiger partial charge in [0.2, 0.25) is 0 Å². The molecule has 1 atom stereocenters. The number of aromatic nitrogens is 1. The normalized spacial score (nSPS) is 15.1. The van der Waals surface area contributed by atoms with Gasteiger partial charge in [0.15, 0.2) is 0 Å².